The van der Waals surface area contributed by atoms with E-state index in [9.17, 15) is 9.59 Å². The van der Waals surface area contributed by atoms with E-state index in [4.69, 9.17) is 5.11 Å². The van der Waals surface area contributed by atoms with Crippen LogP contribution in [-0.4, -0.2) is 29.9 Å². The molecule has 0 aliphatic heterocycles. The first kappa shape index (κ1) is 16.1. The van der Waals surface area contributed by atoms with Crippen molar-refractivity contribution in [1.29, 1.82) is 0 Å². The van der Waals surface area contributed by atoms with Gasteiger partial charge in [-0.2, -0.15) is 0 Å². The Hall–Kier alpha value is -0.950. The molecule has 5 heteroatoms. The second kappa shape index (κ2) is 9.03. The molecule has 0 aliphatic carbocycles. The van der Waals surface area contributed by atoms with Crippen LogP contribution in [0.5, 0.6) is 0 Å². The van der Waals surface area contributed by atoms with Crippen LogP contribution in [0.2, 0.25) is 0 Å². The maximum atomic E-state index is 11.7. The van der Waals surface area contributed by atoms with Crippen molar-refractivity contribution >= 4 is 34.3 Å². The Balaban J connectivity index is 2.14. The second-order valence-corrected chi connectivity index (χ2v) is 5.52. The summed E-state index contributed by atoms with van der Waals surface area (Å²) in [5, 5.41) is 11.4. The van der Waals surface area contributed by atoms with Crippen LogP contribution < -0.4 is 5.32 Å². The highest BCUT2D eigenvalue weighted by Crippen LogP contribution is 2.06. The minimum atomic E-state index is -0.371. The molecule has 0 bridgehead atoms. The van der Waals surface area contributed by atoms with E-state index in [0.717, 1.165) is 22.8 Å². The summed E-state index contributed by atoms with van der Waals surface area (Å²) in [4.78, 5) is 22.6. The van der Waals surface area contributed by atoms with E-state index in [0.29, 0.717) is 18.5 Å². The number of amides is 1. The number of hydrogen-bond acceptors (Lipinski definition) is 3. The molecule has 0 unspecified atom stereocenters. The number of ketones is 1. The van der Waals surface area contributed by atoms with Gasteiger partial charge in [0.05, 0.1) is 0 Å². The number of aliphatic hydroxyl groups excluding tert-OH is 1. The van der Waals surface area contributed by atoms with E-state index in [-0.39, 0.29) is 18.3 Å². The predicted octanol–water partition coefficient (Wildman–Crippen LogP) is 2.14. The van der Waals surface area contributed by atoms with E-state index in [2.05, 4.69) is 27.9 Å². The number of benzene rings is 1. The van der Waals surface area contributed by atoms with Crippen LogP contribution in [0.4, 0.5) is 0 Å². The van der Waals surface area contributed by atoms with Gasteiger partial charge in [0, 0.05) is 22.1 Å². The number of carbonyl (C=O) groups excluding carboxylic acids is 2. The number of Topliss-reactive ketones (excluding diaryl/α,β-unsaturated/α-hetero) is 1. The molecule has 0 aromatic heterocycles. The zero-order valence-corrected chi connectivity index (χ0v) is 12.9. The fourth-order valence-corrected chi connectivity index (χ4v) is 1.97. The first-order chi connectivity index (χ1) is 9.13. The summed E-state index contributed by atoms with van der Waals surface area (Å²) >= 11 is 2.20. The summed E-state index contributed by atoms with van der Waals surface area (Å²) in [6, 6.07) is 7.40. The summed E-state index contributed by atoms with van der Waals surface area (Å²) in [5.74, 6) is -0.189. The monoisotopic (exact) mass is 375 g/mol. The number of rotatable bonds is 8. The molecule has 0 atom stereocenters. The van der Waals surface area contributed by atoms with Gasteiger partial charge >= 0.3 is 0 Å². The molecule has 1 aromatic rings. The number of unbranched alkanes of at least 4 members (excludes halogenated alkanes) is 2. The Morgan fingerprint density at radius 1 is 1.11 bits per heavy atom. The van der Waals surface area contributed by atoms with Gasteiger partial charge in [-0.15, -0.1) is 0 Å². The van der Waals surface area contributed by atoms with Crippen molar-refractivity contribution in [2.45, 2.75) is 25.7 Å². The molecule has 104 valence electrons. The minimum Gasteiger partial charge on any atom is -0.389 e. The van der Waals surface area contributed by atoms with Crippen LogP contribution in [0.15, 0.2) is 24.3 Å². The van der Waals surface area contributed by atoms with Gasteiger partial charge in [-0.05, 0) is 59.7 Å². The normalized spacial score (nSPS) is 10.2. The van der Waals surface area contributed by atoms with Crippen LogP contribution in [0.1, 0.15) is 36.0 Å². The highest BCUT2D eigenvalue weighted by atomic mass is 127. The van der Waals surface area contributed by atoms with E-state index in [1.807, 2.05) is 12.1 Å². The van der Waals surface area contributed by atoms with E-state index in [1.165, 1.54) is 0 Å². The summed E-state index contributed by atoms with van der Waals surface area (Å²) < 4.78 is 1.10. The third kappa shape index (κ3) is 6.68. The molecule has 4 nitrogen and oxygen atoms in total. The lowest BCUT2D eigenvalue weighted by Crippen LogP contribution is -2.24. The van der Waals surface area contributed by atoms with Crippen LogP contribution in [0, 0.1) is 3.57 Å². The fourth-order valence-electron chi connectivity index (χ4n) is 1.61. The maximum Gasteiger partial charge on any atom is 0.251 e. The second-order valence-electron chi connectivity index (χ2n) is 4.27. The Morgan fingerprint density at radius 2 is 1.79 bits per heavy atom. The third-order valence-corrected chi connectivity index (χ3v) is 3.42. The number of halogens is 1. The first-order valence-electron chi connectivity index (χ1n) is 6.30. The van der Waals surface area contributed by atoms with Crippen molar-refractivity contribution < 1.29 is 14.7 Å². The molecule has 0 radical (unpaired) electrons. The molecule has 0 heterocycles. The van der Waals surface area contributed by atoms with Crippen molar-refractivity contribution in [3.8, 4) is 0 Å². The van der Waals surface area contributed by atoms with Gasteiger partial charge in [-0.25, -0.2) is 0 Å². The molecule has 2 N–H and O–H groups in total. The smallest absolute Gasteiger partial charge is 0.251 e. The van der Waals surface area contributed by atoms with Crippen LogP contribution in [0.3, 0.4) is 0 Å². The molecule has 0 fully saturated rings. The first-order valence-corrected chi connectivity index (χ1v) is 7.37. The van der Waals surface area contributed by atoms with Crippen molar-refractivity contribution in [2.24, 2.45) is 0 Å². The highest BCUT2D eigenvalue weighted by molar-refractivity contribution is 14.1. The van der Waals surface area contributed by atoms with Crippen LogP contribution in [-0.2, 0) is 4.79 Å². The van der Waals surface area contributed by atoms with Gasteiger partial charge in [0.2, 0.25) is 0 Å². The van der Waals surface area contributed by atoms with E-state index in [1.54, 1.807) is 12.1 Å². The summed E-state index contributed by atoms with van der Waals surface area (Å²) in [7, 11) is 0. The lowest BCUT2D eigenvalue weighted by atomic mass is 10.1. The Labute approximate surface area is 126 Å². The summed E-state index contributed by atoms with van der Waals surface area (Å²) in [6.07, 6.45) is 2.90. The standard InChI is InChI=1S/C14H18INO3/c15-12-7-5-11(6-8-12)14(19)16-9-3-1-2-4-13(18)10-17/h5-8,17H,1-4,9-10H2,(H,16,19). The van der Waals surface area contributed by atoms with Gasteiger partial charge in [0.15, 0.2) is 5.78 Å². The van der Waals surface area contributed by atoms with Crippen molar-refractivity contribution in [3.05, 3.63) is 33.4 Å². The summed E-state index contributed by atoms with van der Waals surface area (Å²) in [6.45, 7) is 0.238. The lowest BCUT2D eigenvalue weighted by Gasteiger charge is -2.05. The molecule has 19 heavy (non-hydrogen) atoms. The van der Waals surface area contributed by atoms with Crippen molar-refractivity contribution in [2.75, 3.05) is 13.2 Å². The molecule has 0 saturated carbocycles. The predicted molar refractivity (Wildman–Crippen MR) is 82.1 cm³/mol. The molecule has 1 amide bonds. The number of nitrogens with one attached hydrogen (secondary N) is 1. The molecular formula is C14H18INO3. The van der Waals surface area contributed by atoms with Gasteiger partial charge in [0.1, 0.15) is 6.61 Å². The zero-order chi connectivity index (χ0) is 14.1. The summed E-state index contributed by atoms with van der Waals surface area (Å²) in [5.41, 5.74) is 0.663. The Kier molecular flexibility index (Phi) is 7.66. The fraction of sp³-hybridized carbons (Fsp3) is 0.429. The van der Waals surface area contributed by atoms with Crippen molar-refractivity contribution in [3.63, 3.8) is 0 Å². The molecule has 1 aromatic carbocycles. The molecule has 0 saturated heterocycles. The zero-order valence-electron chi connectivity index (χ0n) is 10.7. The van der Waals surface area contributed by atoms with Crippen LogP contribution >= 0.6 is 22.6 Å². The molecular weight excluding hydrogens is 357 g/mol. The lowest BCUT2D eigenvalue weighted by molar-refractivity contribution is -0.121. The third-order valence-electron chi connectivity index (χ3n) is 2.70. The number of aliphatic hydroxyl groups is 1. The maximum absolute atomic E-state index is 11.7. The van der Waals surface area contributed by atoms with Gasteiger partial charge < -0.3 is 10.4 Å². The molecule has 1 rings (SSSR count). The van der Waals surface area contributed by atoms with Gasteiger partial charge in [0.25, 0.3) is 5.91 Å². The van der Waals surface area contributed by atoms with E-state index >= 15 is 0 Å². The average molecular weight is 375 g/mol. The average Bonchev–Trinajstić information content (AvgIpc) is 2.42. The molecule has 0 spiro atoms. The largest absolute Gasteiger partial charge is 0.389 e. The van der Waals surface area contributed by atoms with Gasteiger partial charge in [-0.1, -0.05) is 6.42 Å². The number of hydrogen-bond donors (Lipinski definition) is 2. The Morgan fingerprint density at radius 3 is 2.42 bits per heavy atom. The highest BCUT2D eigenvalue weighted by Gasteiger charge is 2.04. The topological polar surface area (TPSA) is 66.4 Å². The number of carbonyl (C=O) groups is 2. The van der Waals surface area contributed by atoms with Crippen LogP contribution in [0.25, 0.3) is 0 Å². The van der Waals surface area contributed by atoms with E-state index < -0.39 is 0 Å². The minimum absolute atomic E-state index is 0.0668. The van der Waals surface area contributed by atoms with Gasteiger partial charge in [-0.3, -0.25) is 9.59 Å². The Bertz CT molecular complexity index is 417. The molecule has 0 aliphatic rings. The quantitative estimate of drug-likeness (QED) is 0.541. The SMILES string of the molecule is O=C(CO)CCCCCNC(=O)c1ccc(I)cc1. The van der Waals surface area contributed by atoms with Crippen molar-refractivity contribution in [1.82, 2.24) is 5.32 Å².